The van der Waals surface area contributed by atoms with E-state index in [1.165, 1.54) is 16.4 Å². The minimum Gasteiger partial charge on any atom is -0.469 e. The maximum atomic E-state index is 12.7. The number of nitrogens with two attached hydrogens (primary N) is 1. The van der Waals surface area contributed by atoms with Crippen LogP contribution in [0.15, 0.2) is 46.2 Å². The fourth-order valence-corrected chi connectivity index (χ4v) is 3.63. The van der Waals surface area contributed by atoms with Crippen molar-refractivity contribution in [1.29, 1.82) is 0 Å². The maximum Gasteiger partial charge on any atom is 0.237 e. The predicted octanol–water partition coefficient (Wildman–Crippen LogP) is 4.19. The average molecular weight is 400 g/mol. The first-order valence-corrected chi connectivity index (χ1v) is 10.1. The van der Waals surface area contributed by atoms with Crippen molar-refractivity contribution < 1.29 is 9.21 Å². The minimum atomic E-state index is -0.394. The van der Waals surface area contributed by atoms with Gasteiger partial charge in [-0.1, -0.05) is 43.8 Å². The van der Waals surface area contributed by atoms with Crippen molar-refractivity contribution in [1.82, 2.24) is 14.9 Å². The van der Waals surface area contributed by atoms with Gasteiger partial charge in [-0.05, 0) is 43.9 Å². The van der Waals surface area contributed by atoms with E-state index in [2.05, 4.69) is 35.4 Å². The van der Waals surface area contributed by atoms with Gasteiger partial charge < -0.3 is 15.6 Å². The molecule has 0 aliphatic rings. The van der Waals surface area contributed by atoms with Crippen molar-refractivity contribution in [2.24, 2.45) is 0 Å². The molecule has 148 valence electrons. The van der Waals surface area contributed by atoms with Crippen molar-refractivity contribution in [3.63, 3.8) is 0 Å². The number of hydrogen-bond donors (Lipinski definition) is 2. The van der Waals surface area contributed by atoms with Crippen molar-refractivity contribution >= 4 is 23.4 Å². The van der Waals surface area contributed by atoms with Crippen molar-refractivity contribution in [3.8, 4) is 11.4 Å². The Morgan fingerprint density at radius 3 is 2.71 bits per heavy atom. The molecule has 1 aromatic carbocycles. The number of benzene rings is 1. The molecule has 0 aliphatic carbocycles. The van der Waals surface area contributed by atoms with Crippen LogP contribution in [-0.2, 0) is 4.79 Å². The summed E-state index contributed by atoms with van der Waals surface area (Å²) >= 11 is 1.26. The molecule has 2 heterocycles. The Bertz CT molecular complexity index is 965. The lowest BCUT2D eigenvalue weighted by Crippen LogP contribution is -2.24. The molecular formula is C20H25N5O2S. The van der Waals surface area contributed by atoms with Crippen LogP contribution in [0.1, 0.15) is 44.4 Å². The molecule has 8 heteroatoms. The Morgan fingerprint density at radius 2 is 2.04 bits per heavy atom. The van der Waals surface area contributed by atoms with E-state index in [9.17, 15) is 4.79 Å². The summed E-state index contributed by atoms with van der Waals surface area (Å²) in [4.78, 5) is 12.7. The van der Waals surface area contributed by atoms with Crippen LogP contribution < -0.4 is 11.2 Å². The van der Waals surface area contributed by atoms with E-state index in [-0.39, 0.29) is 5.91 Å². The van der Waals surface area contributed by atoms with E-state index in [0.29, 0.717) is 22.7 Å². The first-order chi connectivity index (χ1) is 13.4. The zero-order valence-electron chi connectivity index (χ0n) is 16.5. The van der Waals surface area contributed by atoms with Crippen LogP contribution in [0.5, 0.6) is 0 Å². The first kappa shape index (κ1) is 20.0. The van der Waals surface area contributed by atoms with Crippen molar-refractivity contribution in [2.75, 3.05) is 11.2 Å². The monoisotopic (exact) mass is 399 g/mol. The number of rotatable bonds is 7. The minimum absolute atomic E-state index is 0.107. The lowest BCUT2D eigenvalue weighted by Gasteiger charge is -2.17. The number of amides is 1. The Morgan fingerprint density at radius 1 is 1.29 bits per heavy atom. The molecule has 2 aromatic heterocycles. The van der Waals surface area contributed by atoms with Gasteiger partial charge in [-0.3, -0.25) is 4.79 Å². The average Bonchev–Trinajstić information content (AvgIpc) is 3.27. The van der Waals surface area contributed by atoms with Gasteiger partial charge in [-0.2, -0.15) is 0 Å². The van der Waals surface area contributed by atoms with Gasteiger partial charge in [-0.25, -0.2) is 4.68 Å². The Hall–Kier alpha value is -2.74. The van der Waals surface area contributed by atoms with E-state index in [1.54, 1.807) is 12.3 Å². The Kier molecular flexibility index (Phi) is 6.08. The van der Waals surface area contributed by atoms with Gasteiger partial charge in [0.15, 0.2) is 5.82 Å². The van der Waals surface area contributed by atoms with Crippen LogP contribution in [0.3, 0.4) is 0 Å². The van der Waals surface area contributed by atoms with Crippen LogP contribution >= 0.6 is 11.8 Å². The number of furan rings is 1. The second-order valence-corrected chi connectivity index (χ2v) is 8.02. The second kappa shape index (κ2) is 8.52. The topological polar surface area (TPSA) is 99.0 Å². The number of para-hydroxylation sites is 1. The summed E-state index contributed by atoms with van der Waals surface area (Å²) in [5.74, 6) is 7.62. The van der Waals surface area contributed by atoms with Crippen LogP contribution in [0, 0.1) is 6.92 Å². The highest BCUT2D eigenvalue weighted by atomic mass is 32.2. The van der Waals surface area contributed by atoms with Crippen LogP contribution in [0.25, 0.3) is 11.4 Å². The van der Waals surface area contributed by atoms with Gasteiger partial charge in [0, 0.05) is 5.69 Å². The summed E-state index contributed by atoms with van der Waals surface area (Å²) in [7, 11) is 0. The summed E-state index contributed by atoms with van der Waals surface area (Å²) in [6, 6.07) is 9.69. The molecule has 0 fully saturated rings. The van der Waals surface area contributed by atoms with Crippen molar-refractivity contribution in [2.45, 2.75) is 50.4 Å². The highest BCUT2D eigenvalue weighted by Crippen LogP contribution is 2.29. The summed E-state index contributed by atoms with van der Waals surface area (Å²) in [5, 5.41) is 11.4. The summed E-state index contributed by atoms with van der Waals surface area (Å²) in [6.07, 6.45) is 2.58. The lowest BCUT2D eigenvalue weighted by atomic mass is 9.97. The molecule has 2 atom stereocenters. The standard InChI is InChI=1S/C20H25N5O2S/c1-5-12(2)15-8-6-7-9-17(15)22-19(26)14(4)28-20-24-23-18(25(20)21)16-10-11-27-13(16)3/h6-12,14H,5,21H2,1-4H3,(H,22,26)/t12-,14-/m1/s1. The van der Waals surface area contributed by atoms with Gasteiger partial charge in [0.1, 0.15) is 5.76 Å². The number of nitrogen functional groups attached to an aromatic ring is 1. The number of anilines is 1. The summed E-state index contributed by atoms with van der Waals surface area (Å²) in [6.45, 7) is 7.94. The largest absolute Gasteiger partial charge is 0.469 e. The number of nitrogens with zero attached hydrogens (tertiary/aromatic N) is 3. The predicted molar refractivity (Wildman–Crippen MR) is 112 cm³/mol. The van der Waals surface area contributed by atoms with E-state index < -0.39 is 5.25 Å². The number of aromatic nitrogens is 3. The third-order valence-electron chi connectivity index (χ3n) is 4.78. The summed E-state index contributed by atoms with van der Waals surface area (Å²) in [5.41, 5.74) is 2.76. The number of hydrogen-bond acceptors (Lipinski definition) is 6. The zero-order valence-corrected chi connectivity index (χ0v) is 17.3. The number of carbonyl (C=O) groups excluding carboxylic acids is 1. The van der Waals surface area contributed by atoms with E-state index >= 15 is 0 Å². The van der Waals surface area contributed by atoms with Gasteiger partial charge in [0.25, 0.3) is 0 Å². The molecule has 0 bridgehead atoms. The summed E-state index contributed by atoms with van der Waals surface area (Å²) < 4.78 is 6.69. The number of thioether (sulfide) groups is 1. The van der Waals surface area contributed by atoms with Gasteiger partial charge >= 0.3 is 0 Å². The molecule has 0 aliphatic heterocycles. The number of nitrogens with one attached hydrogen (secondary N) is 1. The third-order valence-corrected chi connectivity index (χ3v) is 5.83. The zero-order chi connectivity index (χ0) is 20.3. The lowest BCUT2D eigenvalue weighted by molar-refractivity contribution is -0.115. The molecule has 0 saturated heterocycles. The molecule has 0 spiro atoms. The molecule has 1 amide bonds. The van der Waals surface area contributed by atoms with Crippen LogP contribution in [-0.4, -0.2) is 26.0 Å². The highest BCUT2D eigenvalue weighted by Gasteiger charge is 2.22. The molecule has 3 N–H and O–H groups in total. The van der Waals surface area contributed by atoms with Crippen molar-refractivity contribution in [3.05, 3.63) is 47.9 Å². The van der Waals surface area contributed by atoms with E-state index in [1.807, 2.05) is 32.0 Å². The van der Waals surface area contributed by atoms with Gasteiger partial charge in [-0.15, -0.1) is 10.2 Å². The molecular weight excluding hydrogens is 374 g/mol. The molecule has 7 nitrogen and oxygen atoms in total. The quantitative estimate of drug-likeness (QED) is 0.456. The van der Waals surface area contributed by atoms with Gasteiger partial charge in [0.2, 0.25) is 11.1 Å². The van der Waals surface area contributed by atoms with Crippen LogP contribution in [0.2, 0.25) is 0 Å². The first-order valence-electron chi connectivity index (χ1n) is 9.23. The third kappa shape index (κ3) is 4.06. The molecule has 28 heavy (non-hydrogen) atoms. The van der Waals surface area contributed by atoms with Gasteiger partial charge in [0.05, 0.1) is 17.1 Å². The van der Waals surface area contributed by atoms with E-state index in [4.69, 9.17) is 10.3 Å². The molecule has 3 aromatic rings. The van der Waals surface area contributed by atoms with E-state index in [0.717, 1.165) is 23.2 Å². The molecule has 0 radical (unpaired) electrons. The Balaban J connectivity index is 1.72. The fraction of sp³-hybridized carbons (Fsp3) is 0.350. The molecule has 0 saturated carbocycles. The fourth-order valence-electron chi connectivity index (χ4n) is 2.86. The normalized spacial score (nSPS) is 13.3. The number of aryl methyl sites for hydroxylation is 1. The SMILES string of the molecule is CC[C@@H](C)c1ccccc1NC(=O)[C@@H](C)Sc1nnc(-c2ccoc2C)n1N. The van der Waals surface area contributed by atoms with Crippen LogP contribution in [0.4, 0.5) is 5.69 Å². The smallest absolute Gasteiger partial charge is 0.237 e. The second-order valence-electron chi connectivity index (χ2n) is 6.71. The maximum absolute atomic E-state index is 12.7. The molecule has 0 unspecified atom stereocenters. The molecule has 3 rings (SSSR count). The highest BCUT2D eigenvalue weighted by molar-refractivity contribution is 8.00. The number of carbonyl (C=O) groups is 1. The Labute approximate surface area is 168 Å².